The van der Waals surface area contributed by atoms with Crippen LogP contribution < -0.4 is 0 Å². The molecule has 2 aromatic carbocycles. The molecular formula is C19H22. The van der Waals surface area contributed by atoms with Crippen LogP contribution >= 0.6 is 0 Å². The van der Waals surface area contributed by atoms with Crippen LogP contribution in [0.25, 0.3) is 0 Å². The van der Waals surface area contributed by atoms with E-state index in [4.69, 9.17) is 0 Å². The molecule has 1 aliphatic rings. The molecule has 0 spiro atoms. The highest BCUT2D eigenvalue weighted by Crippen LogP contribution is 2.31. The van der Waals surface area contributed by atoms with E-state index in [1.807, 2.05) is 0 Å². The first-order valence-electron chi connectivity index (χ1n) is 7.40. The molecule has 0 saturated heterocycles. The van der Waals surface area contributed by atoms with Gasteiger partial charge in [-0.1, -0.05) is 36.4 Å². The van der Waals surface area contributed by atoms with E-state index in [-0.39, 0.29) is 0 Å². The molecule has 19 heavy (non-hydrogen) atoms. The largest absolute Gasteiger partial charge is 0.0622 e. The molecule has 0 atom stereocenters. The van der Waals surface area contributed by atoms with Crippen LogP contribution in [0.15, 0.2) is 36.4 Å². The van der Waals surface area contributed by atoms with Gasteiger partial charge in [0.1, 0.15) is 0 Å². The lowest BCUT2D eigenvalue weighted by Crippen LogP contribution is -2.00. The van der Waals surface area contributed by atoms with Gasteiger partial charge >= 0.3 is 0 Å². The van der Waals surface area contributed by atoms with Crippen LogP contribution in [-0.4, -0.2) is 0 Å². The summed E-state index contributed by atoms with van der Waals surface area (Å²) in [6, 6.07) is 13.3. The monoisotopic (exact) mass is 250 g/mol. The van der Waals surface area contributed by atoms with E-state index in [1.165, 1.54) is 36.8 Å². The number of rotatable bonds is 3. The highest BCUT2D eigenvalue weighted by Gasteiger charge is 2.17. The summed E-state index contributed by atoms with van der Waals surface area (Å²) in [5.74, 6) is 0. The van der Waals surface area contributed by atoms with Crippen LogP contribution in [-0.2, 0) is 25.7 Å². The van der Waals surface area contributed by atoms with E-state index in [0.29, 0.717) is 0 Å². The molecule has 0 bridgehead atoms. The molecule has 0 radical (unpaired) electrons. The molecule has 0 saturated carbocycles. The van der Waals surface area contributed by atoms with Crippen molar-refractivity contribution in [2.45, 2.75) is 46.0 Å². The fraction of sp³-hybridized carbons (Fsp3) is 0.368. The Labute approximate surface area is 116 Å². The lowest BCUT2D eigenvalue weighted by molar-refractivity contribution is 0.904. The minimum atomic E-state index is 1.15. The van der Waals surface area contributed by atoms with E-state index in [0.717, 1.165) is 6.42 Å². The van der Waals surface area contributed by atoms with Gasteiger partial charge in [0.05, 0.1) is 0 Å². The molecule has 0 amide bonds. The van der Waals surface area contributed by atoms with Gasteiger partial charge in [0.15, 0.2) is 0 Å². The van der Waals surface area contributed by atoms with Crippen molar-refractivity contribution in [3.8, 4) is 0 Å². The quantitative estimate of drug-likeness (QED) is 0.748. The van der Waals surface area contributed by atoms with E-state index in [2.05, 4.69) is 50.2 Å². The average molecular weight is 250 g/mol. The summed E-state index contributed by atoms with van der Waals surface area (Å²) in [5, 5.41) is 0. The van der Waals surface area contributed by atoms with Gasteiger partial charge in [0.2, 0.25) is 0 Å². The summed E-state index contributed by atoms with van der Waals surface area (Å²) >= 11 is 0. The third kappa shape index (κ3) is 2.45. The van der Waals surface area contributed by atoms with Crippen molar-refractivity contribution >= 4 is 0 Å². The molecule has 0 heterocycles. The van der Waals surface area contributed by atoms with Crippen LogP contribution in [0.4, 0.5) is 0 Å². The molecule has 2 aromatic rings. The maximum Gasteiger partial charge on any atom is -0.0235 e. The topological polar surface area (TPSA) is 0 Å². The Morgan fingerprint density at radius 2 is 1.63 bits per heavy atom. The SMILES string of the molecule is Cc1cc(CCc2ccccc2)c(C)c2c1CCC2. The third-order valence-electron chi connectivity index (χ3n) is 4.54. The highest BCUT2D eigenvalue weighted by atomic mass is 14.2. The Morgan fingerprint density at radius 1 is 0.895 bits per heavy atom. The molecule has 0 heteroatoms. The lowest BCUT2D eigenvalue weighted by Gasteiger charge is -2.14. The summed E-state index contributed by atoms with van der Waals surface area (Å²) in [5.41, 5.74) is 9.38. The number of fused-ring (bicyclic) bond motifs is 1. The van der Waals surface area contributed by atoms with Crippen LogP contribution in [0.5, 0.6) is 0 Å². The Bertz CT molecular complexity index is 579. The van der Waals surface area contributed by atoms with E-state index in [9.17, 15) is 0 Å². The van der Waals surface area contributed by atoms with Crippen molar-refractivity contribution in [1.29, 1.82) is 0 Å². The summed E-state index contributed by atoms with van der Waals surface area (Å²) in [7, 11) is 0. The van der Waals surface area contributed by atoms with Gasteiger partial charge in [-0.2, -0.15) is 0 Å². The van der Waals surface area contributed by atoms with Crippen molar-refractivity contribution in [2.75, 3.05) is 0 Å². The predicted octanol–water partition coefficient (Wildman–Crippen LogP) is 4.58. The summed E-state index contributed by atoms with van der Waals surface area (Å²) in [4.78, 5) is 0. The first kappa shape index (κ1) is 12.5. The van der Waals surface area contributed by atoms with Crippen molar-refractivity contribution in [1.82, 2.24) is 0 Å². The zero-order valence-electron chi connectivity index (χ0n) is 12.0. The summed E-state index contributed by atoms with van der Waals surface area (Å²) in [6.45, 7) is 4.61. The Hall–Kier alpha value is -1.56. The molecular weight excluding hydrogens is 228 g/mol. The van der Waals surface area contributed by atoms with Crippen LogP contribution in [0.1, 0.15) is 39.8 Å². The Balaban J connectivity index is 1.84. The van der Waals surface area contributed by atoms with Gasteiger partial charge < -0.3 is 0 Å². The standard InChI is InChI=1S/C19H22/c1-14-13-17(12-11-16-7-4-3-5-8-16)15(2)19-10-6-9-18(14)19/h3-5,7-8,13H,6,9-12H2,1-2H3. The zero-order chi connectivity index (χ0) is 13.2. The lowest BCUT2D eigenvalue weighted by atomic mass is 9.91. The van der Waals surface area contributed by atoms with E-state index >= 15 is 0 Å². The normalized spacial score (nSPS) is 13.6. The summed E-state index contributed by atoms with van der Waals surface area (Å²) in [6.07, 6.45) is 6.26. The van der Waals surface area contributed by atoms with E-state index < -0.39 is 0 Å². The van der Waals surface area contributed by atoms with Gasteiger partial charge in [-0.3, -0.25) is 0 Å². The second kappa shape index (κ2) is 5.21. The fourth-order valence-electron chi connectivity index (χ4n) is 3.43. The number of benzene rings is 2. The maximum atomic E-state index is 2.43. The molecule has 0 aromatic heterocycles. The molecule has 0 fully saturated rings. The highest BCUT2D eigenvalue weighted by molar-refractivity contribution is 5.47. The Kier molecular flexibility index (Phi) is 3.42. The second-order valence-electron chi connectivity index (χ2n) is 5.77. The first-order valence-corrected chi connectivity index (χ1v) is 7.40. The fourth-order valence-corrected chi connectivity index (χ4v) is 3.43. The van der Waals surface area contributed by atoms with E-state index in [1.54, 1.807) is 22.3 Å². The van der Waals surface area contributed by atoms with Gasteiger partial charge in [0, 0.05) is 0 Å². The molecule has 1 aliphatic carbocycles. The van der Waals surface area contributed by atoms with Gasteiger partial charge in [-0.05, 0) is 79.3 Å². The van der Waals surface area contributed by atoms with Crippen molar-refractivity contribution < 1.29 is 0 Å². The maximum absolute atomic E-state index is 2.43. The Morgan fingerprint density at radius 3 is 2.42 bits per heavy atom. The minimum absolute atomic E-state index is 1.15. The molecule has 98 valence electrons. The first-order chi connectivity index (χ1) is 9.25. The van der Waals surface area contributed by atoms with Crippen molar-refractivity contribution in [3.05, 3.63) is 69.8 Å². The predicted molar refractivity (Wildman–Crippen MR) is 81.8 cm³/mol. The summed E-state index contributed by atoms with van der Waals surface area (Å²) < 4.78 is 0. The average Bonchev–Trinajstić information content (AvgIpc) is 2.92. The van der Waals surface area contributed by atoms with Crippen LogP contribution in [0, 0.1) is 13.8 Å². The van der Waals surface area contributed by atoms with Crippen molar-refractivity contribution in [3.63, 3.8) is 0 Å². The number of hydrogen-bond donors (Lipinski definition) is 0. The van der Waals surface area contributed by atoms with Gasteiger partial charge in [-0.25, -0.2) is 0 Å². The second-order valence-corrected chi connectivity index (χ2v) is 5.77. The number of hydrogen-bond acceptors (Lipinski definition) is 0. The molecule has 0 nitrogen and oxygen atoms in total. The molecule has 0 aliphatic heterocycles. The molecule has 3 rings (SSSR count). The van der Waals surface area contributed by atoms with Crippen LogP contribution in [0.2, 0.25) is 0 Å². The smallest absolute Gasteiger partial charge is 0.0235 e. The van der Waals surface area contributed by atoms with Crippen molar-refractivity contribution in [2.24, 2.45) is 0 Å². The van der Waals surface area contributed by atoms with Gasteiger partial charge in [-0.15, -0.1) is 0 Å². The van der Waals surface area contributed by atoms with Gasteiger partial charge in [0.25, 0.3) is 0 Å². The molecule has 0 N–H and O–H groups in total. The number of aryl methyl sites for hydroxylation is 3. The zero-order valence-corrected chi connectivity index (χ0v) is 12.0. The van der Waals surface area contributed by atoms with Crippen LogP contribution in [0.3, 0.4) is 0 Å². The molecule has 0 unspecified atom stereocenters. The third-order valence-corrected chi connectivity index (χ3v) is 4.54. The minimum Gasteiger partial charge on any atom is -0.0622 e.